The number of hydrogen-bond acceptors (Lipinski definition) is 6. The van der Waals surface area contributed by atoms with Gasteiger partial charge in [0.2, 0.25) is 0 Å². The molecule has 5 rings (SSSR count). The molecule has 0 bridgehead atoms. The summed E-state index contributed by atoms with van der Waals surface area (Å²) in [5.74, 6) is 0.922. The fraction of sp³-hybridized carbons (Fsp3) is 0.625. The first-order valence-electron chi connectivity index (χ1n) is 11.6. The molecule has 1 aromatic rings. The van der Waals surface area contributed by atoms with E-state index in [1.165, 1.54) is 12.8 Å². The summed E-state index contributed by atoms with van der Waals surface area (Å²) >= 11 is 0. The van der Waals surface area contributed by atoms with Gasteiger partial charge in [-0.05, 0) is 87.6 Å². The van der Waals surface area contributed by atoms with Crippen molar-refractivity contribution < 1.29 is 24.2 Å². The molecule has 1 spiro atoms. The molecule has 3 fully saturated rings. The second-order valence-electron chi connectivity index (χ2n) is 9.93. The Kier molecular flexibility index (Phi) is 5.25. The van der Waals surface area contributed by atoms with Crippen LogP contribution in [0, 0.1) is 5.92 Å². The van der Waals surface area contributed by atoms with Crippen LogP contribution in [0.3, 0.4) is 0 Å². The van der Waals surface area contributed by atoms with Crippen LogP contribution in [-0.4, -0.2) is 65.1 Å². The quantitative estimate of drug-likeness (QED) is 0.615. The maximum absolute atomic E-state index is 13.9. The lowest BCUT2D eigenvalue weighted by Crippen LogP contribution is -2.63. The average Bonchev–Trinajstić information content (AvgIpc) is 3.53. The van der Waals surface area contributed by atoms with E-state index in [9.17, 15) is 19.5 Å². The summed E-state index contributed by atoms with van der Waals surface area (Å²) in [4.78, 5) is 40.2. The third-order valence-corrected chi connectivity index (χ3v) is 7.77. The van der Waals surface area contributed by atoms with Crippen molar-refractivity contribution in [1.82, 2.24) is 15.5 Å². The summed E-state index contributed by atoms with van der Waals surface area (Å²) in [6, 6.07) is 4.41. The Labute approximate surface area is 187 Å². The average molecular weight is 442 g/mol. The van der Waals surface area contributed by atoms with Gasteiger partial charge in [0.15, 0.2) is 5.78 Å². The van der Waals surface area contributed by atoms with Crippen LogP contribution in [0.25, 0.3) is 0 Å². The number of Topliss-reactive ketones (excluding diaryl/α,β-unsaturated/α-hetero) is 1. The van der Waals surface area contributed by atoms with Gasteiger partial charge in [-0.1, -0.05) is 0 Å². The van der Waals surface area contributed by atoms with Crippen LogP contribution in [0.1, 0.15) is 60.9 Å². The Balaban J connectivity index is 1.47. The molecule has 1 unspecified atom stereocenters. The summed E-state index contributed by atoms with van der Waals surface area (Å²) in [6.45, 7) is 1.56. The minimum Gasteiger partial charge on any atom is -0.497 e. The van der Waals surface area contributed by atoms with Gasteiger partial charge in [0, 0.05) is 12.1 Å². The SMILES string of the molecule is COc1ccc2c(c1)CCCN(CC1CC1)C(C1(O)CCC3(CC1)NC(=O)NC3=O)C2=O. The monoisotopic (exact) mass is 441 g/mol. The van der Waals surface area contributed by atoms with E-state index in [1.54, 1.807) is 13.2 Å². The third-order valence-electron chi connectivity index (χ3n) is 7.77. The van der Waals surface area contributed by atoms with Gasteiger partial charge >= 0.3 is 6.03 Å². The number of fused-ring (bicyclic) bond motifs is 1. The van der Waals surface area contributed by atoms with Crippen LogP contribution in [0.5, 0.6) is 5.75 Å². The molecule has 0 aromatic heterocycles. The summed E-state index contributed by atoms with van der Waals surface area (Å²) in [6.07, 6.45) is 5.22. The van der Waals surface area contributed by atoms with Crippen molar-refractivity contribution in [2.24, 2.45) is 5.92 Å². The third kappa shape index (κ3) is 3.69. The molecular weight excluding hydrogens is 410 g/mol. The Morgan fingerprint density at radius 1 is 1.16 bits per heavy atom. The lowest BCUT2D eigenvalue weighted by Gasteiger charge is -2.48. The number of aliphatic hydroxyl groups is 1. The van der Waals surface area contributed by atoms with Crippen molar-refractivity contribution in [2.75, 3.05) is 20.2 Å². The normalized spacial score (nSPS) is 33.3. The molecule has 3 N–H and O–H groups in total. The number of aryl methyl sites for hydroxylation is 1. The number of carbonyl (C=O) groups excluding carboxylic acids is 3. The molecule has 0 radical (unpaired) electrons. The number of carbonyl (C=O) groups is 3. The highest BCUT2D eigenvalue weighted by atomic mass is 16.5. The van der Waals surface area contributed by atoms with Crippen LogP contribution in [0.4, 0.5) is 4.79 Å². The molecule has 2 heterocycles. The zero-order chi connectivity index (χ0) is 22.5. The molecular formula is C24H31N3O5. The summed E-state index contributed by atoms with van der Waals surface area (Å²) in [5, 5.41) is 16.9. The Hall–Kier alpha value is -2.45. The number of amides is 3. The highest BCUT2D eigenvalue weighted by Crippen LogP contribution is 2.43. The van der Waals surface area contributed by atoms with Crippen LogP contribution in [0.15, 0.2) is 18.2 Å². The summed E-state index contributed by atoms with van der Waals surface area (Å²) in [7, 11) is 1.62. The van der Waals surface area contributed by atoms with Gasteiger partial charge in [0.05, 0.1) is 12.7 Å². The number of ketones is 1. The molecule has 4 aliphatic rings. The number of urea groups is 1. The molecule has 3 amide bonds. The number of imide groups is 1. The van der Waals surface area contributed by atoms with Gasteiger partial charge in [-0.3, -0.25) is 19.8 Å². The highest BCUT2D eigenvalue weighted by molar-refractivity contribution is 6.07. The maximum Gasteiger partial charge on any atom is 0.322 e. The van der Waals surface area contributed by atoms with Crippen LogP contribution < -0.4 is 15.4 Å². The number of nitrogens with zero attached hydrogens (tertiary/aromatic N) is 1. The van der Waals surface area contributed by atoms with E-state index in [-0.39, 0.29) is 24.5 Å². The van der Waals surface area contributed by atoms with E-state index in [0.717, 1.165) is 37.2 Å². The number of hydrogen-bond donors (Lipinski definition) is 3. The van der Waals surface area contributed by atoms with E-state index in [4.69, 9.17) is 4.74 Å². The van der Waals surface area contributed by atoms with E-state index < -0.39 is 23.2 Å². The zero-order valence-electron chi connectivity index (χ0n) is 18.5. The van der Waals surface area contributed by atoms with E-state index in [0.29, 0.717) is 24.3 Å². The van der Waals surface area contributed by atoms with Crippen LogP contribution >= 0.6 is 0 Å². The highest BCUT2D eigenvalue weighted by Gasteiger charge is 2.56. The Morgan fingerprint density at radius 3 is 2.53 bits per heavy atom. The zero-order valence-corrected chi connectivity index (χ0v) is 18.5. The Bertz CT molecular complexity index is 949. The minimum atomic E-state index is -1.25. The smallest absolute Gasteiger partial charge is 0.322 e. The van der Waals surface area contributed by atoms with Crippen molar-refractivity contribution >= 4 is 17.7 Å². The predicted molar refractivity (Wildman–Crippen MR) is 117 cm³/mol. The molecule has 8 nitrogen and oxygen atoms in total. The molecule has 2 saturated carbocycles. The second-order valence-corrected chi connectivity index (χ2v) is 9.93. The minimum absolute atomic E-state index is 0.0543. The topological polar surface area (TPSA) is 108 Å². The van der Waals surface area contributed by atoms with Crippen molar-refractivity contribution in [1.29, 1.82) is 0 Å². The first-order chi connectivity index (χ1) is 15.3. The van der Waals surface area contributed by atoms with Gasteiger partial charge < -0.3 is 15.2 Å². The first-order valence-corrected chi connectivity index (χ1v) is 11.6. The van der Waals surface area contributed by atoms with Crippen molar-refractivity contribution in [3.63, 3.8) is 0 Å². The van der Waals surface area contributed by atoms with Gasteiger partial charge in [-0.2, -0.15) is 0 Å². The lowest BCUT2D eigenvalue weighted by molar-refractivity contribution is -0.129. The van der Waals surface area contributed by atoms with E-state index in [2.05, 4.69) is 15.5 Å². The maximum atomic E-state index is 13.9. The molecule has 2 aliphatic heterocycles. The van der Waals surface area contributed by atoms with Gasteiger partial charge in [0.1, 0.15) is 17.3 Å². The molecule has 172 valence electrons. The fourth-order valence-corrected chi connectivity index (χ4v) is 5.74. The van der Waals surface area contributed by atoms with Crippen LogP contribution in [0.2, 0.25) is 0 Å². The molecule has 1 aromatic carbocycles. The lowest BCUT2D eigenvalue weighted by atomic mass is 9.68. The van der Waals surface area contributed by atoms with E-state index in [1.807, 2.05) is 12.1 Å². The largest absolute Gasteiger partial charge is 0.497 e. The first kappa shape index (κ1) is 21.4. The fourth-order valence-electron chi connectivity index (χ4n) is 5.74. The predicted octanol–water partition coefficient (Wildman–Crippen LogP) is 1.79. The standard InChI is InChI=1S/C24H31N3O5/c1-32-17-6-7-18-16(13-17)3-2-12-27(14-15-4-5-15)20(19(18)28)24(31)10-8-23(9-11-24)21(29)25-22(30)26-23/h6-7,13,15,20,31H,2-5,8-12,14H2,1H3,(H2,25,26,29,30). The van der Waals surface area contributed by atoms with Crippen molar-refractivity contribution in [3.05, 3.63) is 29.3 Å². The van der Waals surface area contributed by atoms with Crippen molar-refractivity contribution in [2.45, 2.75) is 68.5 Å². The van der Waals surface area contributed by atoms with Gasteiger partial charge in [0.25, 0.3) is 5.91 Å². The molecule has 32 heavy (non-hydrogen) atoms. The number of methoxy groups -OCH3 is 1. The molecule has 1 atom stereocenters. The number of rotatable bonds is 4. The number of ether oxygens (including phenoxy) is 1. The van der Waals surface area contributed by atoms with Gasteiger partial charge in [-0.25, -0.2) is 4.79 Å². The number of nitrogens with one attached hydrogen (secondary N) is 2. The number of benzene rings is 1. The summed E-state index contributed by atoms with van der Waals surface area (Å²) in [5.41, 5.74) is -0.611. The van der Waals surface area contributed by atoms with E-state index >= 15 is 0 Å². The molecule has 1 saturated heterocycles. The molecule has 2 aliphatic carbocycles. The Morgan fingerprint density at radius 2 is 1.91 bits per heavy atom. The summed E-state index contributed by atoms with van der Waals surface area (Å²) < 4.78 is 5.36. The second kappa shape index (κ2) is 7.85. The van der Waals surface area contributed by atoms with Crippen molar-refractivity contribution in [3.8, 4) is 5.75 Å². The van der Waals surface area contributed by atoms with Gasteiger partial charge in [-0.15, -0.1) is 0 Å². The van der Waals surface area contributed by atoms with Crippen LogP contribution in [-0.2, 0) is 11.2 Å². The molecule has 8 heteroatoms.